The molecule has 1 saturated heterocycles. The molecule has 1 atom stereocenters. The minimum Gasteiger partial charge on any atom is -0.465 e. The highest BCUT2D eigenvalue weighted by molar-refractivity contribution is 5.80. The molecule has 1 fully saturated rings. The maximum Gasteiger partial charge on any atom is 0.327 e. The average molecular weight is 272 g/mol. The lowest BCUT2D eigenvalue weighted by molar-refractivity contribution is -0.151. The van der Waals surface area contributed by atoms with Crippen LogP contribution in [-0.4, -0.2) is 62.4 Å². The van der Waals surface area contributed by atoms with Crippen LogP contribution in [-0.2, 0) is 14.3 Å². The number of nitrogens with one attached hydrogen (secondary N) is 1. The number of hydrogen-bond acceptors (Lipinski definition) is 5. The topological polar surface area (TPSA) is 50.8 Å². The Hall–Kier alpha value is -0.650. The highest BCUT2D eigenvalue weighted by atomic mass is 16.5. The number of esters is 1. The first kappa shape index (κ1) is 16.4. The minimum absolute atomic E-state index is 0.159. The van der Waals surface area contributed by atoms with Gasteiger partial charge in [-0.2, -0.15) is 0 Å². The van der Waals surface area contributed by atoms with Gasteiger partial charge in [0.05, 0.1) is 13.2 Å². The summed E-state index contributed by atoms with van der Waals surface area (Å²) in [5.74, 6) is -0.159. The second kappa shape index (κ2) is 8.51. The average Bonchev–Trinajstić information content (AvgIpc) is 2.65. The summed E-state index contributed by atoms with van der Waals surface area (Å²) in [6.07, 6.45) is 2.02. The van der Waals surface area contributed by atoms with Gasteiger partial charge >= 0.3 is 5.97 Å². The number of carbonyl (C=O) groups is 1. The van der Waals surface area contributed by atoms with E-state index in [1.54, 1.807) is 0 Å². The third-order valence-corrected chi connectivity index (χ3v) is 3.35. The number of hydrogen-bond donors (Lipinski definition) is 1. The lowest BCUT2D eigenvalue weighted by Crippen LogP contribution is -2.58. The first-order valence-corrected chi connectivity index (χ1v) is 7.34. The van der Waals surface area contributed by atoms with E-state index in [-0.39, 0.29) is 5.97 Å². The number of rotatable bonds is 7. The molecule has 112 valence electrons. The molecule has 0 aliphatic carbocycles. The maximum atomic E-state index is 12.2. The quantitative estimate of drug-likeness (QED) is 0.702. The van der Waals surface area contributed by atoms with E-state index >= 15 is 0 Å². The first-order chi connectivity index (χ1) is 9.12. The maximum absolute atomic E-state index is 12.2. The van der Waals surface area contributed by atoms with Crippen molar-refractivity contribution in [2.24, 2.45) is 0 Å². The molecule has 0 aromatic heterocycles. The van der Waals surface area contributed by atoms with Crippen LogP contribution in [0.3, 0.4) is 0 Å². The van der Waals surface area contributed by atoms with Crippen molar-refractivity contribution in [3.63, 3.8) is 0 Å². The van der Waals surface area contributed by atoms with Gasteiger partial charge in [0.15, 0.2) is 0 Å². The lowest BCUT2D eigenvalue weighted by atomic mass is 10.0. The van der Waals surface area contributed by atoms with Gasteiger partial charge in [-0.1, -0.05) is 6.92 Å². The standard InChI is InChI=1S/C14H28N2O3/c1-4-7-15-14(3,13(17)19-5-2)12-16-8-6-10-18-11-9-16/h15H,4-12H2,1-3H3. The van der Waals surface area contributed by atoms with Crippen LogP contribution < -0.4 is 5.32 Å². The number of carbonyl (C=O) groups excluding carboxylic acids is 1. The van der Waals surface area contributed by atoms with Crippen molar-refractivity contribution in [3.8, 4) is 0 Å². The molecule has 5 nitrogen and oxygen atoms in total. The molecule has 0 spiro atoms. The van der Waals surface area contributed by atoms with Gasteiger partial charge in [0, 0.05) is 26.2 Å². The summed E-state index contributed by atoms with van der Waals surface area (Å²) in [4.78, 5) is 14.5. The molecule has 1 unspecified atom stereocenters. The van der Waals surface area contributed by atoms with E-state index in [4.69, 9.17) is 9.47 Å². The van der Waals surface area contributed by atoms with E-state index in [9.17, 15) is 4.79 Å². The summed E-state index contributed by atoms with van der Waals surface area (Å²) in [5, 5.41) is 3.34. The molecule has 1 N–H and O–H groups in total. The zero-order valence-corrected chi connectivity index (χ0v) is 12.5. The van der Waals surface area contributed by atoms with Crippen molar-refractivity contribution >= 4 is 5.97 Å². The first-order valence-electron chi connectivity index (χ1n) is 7.34. The van der Waals surface area contributed by atoms with Crippen LogP contribution in [0.2, 0.25) is 0 Å². The summed E-state index contributed by atoms with van der Waals surface area (Å²) in [7, 11) is 0. The zero-order chi connectivity index (χ0) is 14.1. The molecule has 0 radical (unpaired) electrons. The van der Waals surface area contributed by atoms with E-state index in [1.807, 2.05) is 13.8 Å². The van der Waals surface area contributed by atoms with Gasteiger partial charge < -0.3 is 14.8 Å². The lowest BCUT2D eigenvalue weighted by Gasteiger charge is -2.33. The molecule has 1 aliphatic rings. The van der Waals surface area contributed by atoms with E-state index in [2.05, 4.69) is 17.1 Å². The van der Waals surface area contributed by atoms with E-state index in [0.717, 1.165) is 45.7 Å². The van der Waals surface area contributed by atoms with Gasteiger partial charge in [-0.25, -0.2) is 0 Å². The molecule has 5 heteroatoms. The Morgan fingerprint density at radius 3 is 2.84 bits per heavy atom. The third kappa shape index (κ3) is 5.47. The molecule has 0 bridgehead atoms. The molecular formula is C14H28N2O3. The van der Waals surface area contributed by atoms with Crippen molar-refractivity contribution in [2.45, 2.75) is 39.2 Å². The van der Waals surface area contributed by atoms with Crippen LogP contribution in [0.25, 0.3) is 0 Å². The summed E-state index contributed by atoms with van der Waals surface area (Å²) in [6, 6.07) is 0. The summed E-state index contributed by atoms with van der Waals surface area (Å²) >= 11 is 0. The second-order valence-electron chi connectivity index (χ2n) is 5.22. The van der Waals surface area contributed by atoms with Crippen LogP contribution in [0.4, 0.5) is 0 Å². The zero-order valence-electron chi connectivity index (χ0n) is 12.5. The van der Waals surface area contributed by atoms with Gasteiger partial charge in [0.2, 0.25) is 0 Å². The van der Waals surface area contributed by atoms with Crippen LogP contribution in [0.1, 0.15) is 33.6 Å². The molecule has 1 heterocycles. The molecule has 19 heavy (non-hydrogen) atoms. The van der Waals surface area contributed by atoms with Gasteiger partial charge in [-0.15, -0.1) is 0 Å². The van der Waals surface area contributed by atoms with Crippen LogP contribution in [0.15, 0.2) is 0 Å². The van der Waals surface area contributed by atoms with E-state index in [0.29, 0.717) is 13.2 Å². The Labute approximate surface area is 116 Å². The normalized spacial score (nSPS) is 20.6. The predicted molar refractivity (Wildman–Crippen MR) is 75.2 cm³/mol. The Kier molecular flexibility index (Phi) is 7.34. The van der Waals surface area contributed by atoms with Gasteiger partial charge in [-0.05, 0) is 33.2 Å². The van der Waals surface area contributed by atoms with Gasteiger partial charge in [0.1, 0.15) is 5.54 Å². The van der Waals surface area contributed by atoms with E-state index < -0.39 is 5.54 Å². The van der Waals surface area contributed by atoms with Crippen LogP contribution >= 0.6 is 0 Å². The minimum atomic E-state index is -0.629. The Morgan fingerprint density at radius 1 is 1.37 bits per heavy atom. The summed E-state index contributed by atoms with van der Waals surface area (Å²) < 4.78 is 10.7. The van der Waals surface area contributed by atoms with Crippen molar-refractivity contribution < 1.29 is 14.3 Å². The second-order valence-corrected chi connectivity index (χ2v) is 5.22. The Bertz CT molecular complexity index is 265. The highest BCUT2D eigenvalue weighted by Gasteiger charge is 2.36. The van der Waals surface area contributed by atoms with E-state index in [1.165, 1.54) is 0 Å². The number of ether oxygens (including phenoxy) is 2. The Morgan fingerprint density at radius 2 is 2.16 bits per heavy atom. The predicted octanol–water partition coefficient (Wildman–Crippen LogP) is 1.03. The highest BCUT2D eigenvalue weighted by Crippen LogP contribution is 2.12. The van der Waals surface area contributed by atoms with Crippen LogP contribution in [0.5, 0.6) is 0 Å². The van der Waals surface area contributed by atoms with Gasteiger partial charge in [-0.3, -0.25) is 9.69 Å². The van der Waals surface area contributed by atoms with Crippen LogP contribution in [0, 0.1) is 0 Å². The SMILES string of the molecule is CCCNC(C)(CN1CCCOCC1)C(=O)OCC. The molecular weight excluding hydrogens is 244 g/mol. The fraction of sp³-hybridized carbons (Fsp3) is 0.929. The van der Waals surface area contributed by atoms with Crippen molar-refractivity contribution in [1.82, 2.24) is 10.2 Å². The largest absolute Gasteiger partial charge is 0.465 e. The Balaban J connectivity index is 2.63. The monoisotopic (exact) mass is 272 g/mol. The fourth-order valence-corrected chi connectivity index (χ4v) is 2.29. The third-order valence-electron chi connectivity index (χ3n) is 3.35. The fourth-order valence-electron chi connectivity index (χ4n) is 2.29. The number of nitrogens with zero attached hydrogens (tertiary/aromatic N) is 1. The molecule has 0 aromatic rings. The summed E-state index contributed by atoms with van der Waals surface area (Å²) in [5.41, 5.74) is -0.629. The van der Waals surface area contributed by atoms with Gasteiger partial charge in [0.25, 0.3) is 0 Å². The molecule has 0 amide bonds. The van der Waals surface area contributed by atoms with Crippen molar-refractivity contribution in [2.75, 3.05) is 46.0 Å². The van der Waals surface area contributed by atoms with Crippen molar-refractivity contribution in [1.29, 1.82) is 0 Å². The smallest absolute Gasteiger partial charge is 0.327 e. The summed E-state index contributed by atoms with van der Waals surface area (Å²) in [6.45, 7) is 11.2. The molecule has 1 aliphatic heterocycles. The molecule has 0 saturated carbocycles. The molecule has 1 rings (SSSR count). The molecule has 0 aromatic carbocycles. The van der Waals surface area contributed by atoms with Crippen molar-refractivity contribution in [3.05, 3.63) is 0 Å².